The van der Waals surface area contributed by atoms with Crippen LogP contribution in [0.1, 0.15) is 39.4 Å². The predicted molar refractivity (Wildman–Crippen MR) is 146 cm³/mol. The maximum atomic E-state index is 15.6. The number of carbonyl (C=O) groups excluding carboxylic acids is 1. The third kappa shape index (κ3) is 5.18. The summed E-state index contributed by atoms with van der Waals surface area (Å²) in [6.45, 7) is 8.27. The van der Waals surface area contributed by atoms with E-state index in [2.05, 4.69) is 9.36 Å². The molecule has 13 heteroatoms. The summed E-state index contributed by atoms with van der Waals surface area (Å²) in [4.78, 5) is 30.3. The number of hydrogen-bond acceptors (Lipinski definition) is 8. The van der Waals surface area contributed by atoms with Gasteiger partial charge in [-0.25, -0.2) is 13.6 Å². The molecule has 0 unspecified atom stereocenters. The van der Waals surface area contributed by atoms with Crippen molar-refractivity contribution in [2.24, 2.45) is 0 Å². The summed E-state index contributed by atoms with van der Waals surface area (Å²) in [7, 11) is 1.49. The van der Waals surface area contributed by atoms with Crippen LogP contribution in [0.2, 0.25) is 0 Å². The van der Waals surface area contributed by atoms with Gasteiger partial charge in [-0.2, -0.15) is 9.47 Å². The van der Waals surface area contributed by atoms with E-state index in [0.717, 1.165) is 23.7 Å². The molecular formula is C27H29F2N5O5S. The number of aromatic amines is 1. The number of benzene rings is 1. The molecule has 1 atom stereocenters. The molecule has 1 aliphatic heterocycles. The topological polar surface area (TPSA) is 112 Å². The minimum absolute atomic E-state index is 0.0386. The lowest BCUT2D eigenvalue weighted by molar-refractivity contribution is 0.0120. The third-order valence-electron chi connectivity index (χ3n) is 6.49. The first-order valence-electron chi connectivity index (χ1n) is 12.7. The molecule has 0 bridgehead atoms. The van der Waals surface area contributed by atoms with Gasteiger partial charge in [-0.3, -0.25) is 14.4 Å². The Kier molecular flexibility index (Phi) is 7.36. The molecule has 0 radical (unpaired) electrons. The second kappa shape index (κ2) is 10.6. The summed E-state index contributed by atoms with van der Waals surface area (Å²) in [6.07, 6.45) is 1.03. The fourth-order valence-corrected chi connectivity index (χ4v) is 5.39. The van der Waals surface area contributed by atoms with Crippen LogP contribution in [0.3, 0.4) is 0 Å². The Bertz CT molecular complexity index is 1640. The highest BCUT2D eigenvalue weighted by Gasteiger charge is 2.33. The van der Waals surface area contributed by atoms with Crippen LogP contribution in [0.15, 0.2) is 29.2 Å². The highest BCUT2D eigenvalue weighted by Crippen LogP contribution is 2.43. The summed E-state index contributed by atoms with van der Waals surface area (Å²) < 4.78 is 52.3. The molecule has 40 heavy (non-hydrogen) atoms. The summed E-state index contributed by atoms with van der Waals surface area (Å²) in [5.74, 6) is -1.74. The minimum atomic E-state index is -0.873. The Hall–Kier alpha value is -3.84. The van der Waals surface area contributed by atoms with Gasteiger partial charge in [-0.1, -0.05) is 0 Å². The molecule has 4 aromatic rings. The molecular weight excluding hydrogens is 544 g/mol. The second-order valence-corrected chi connectivity index (χ2v) is 11.2. The Morgan fingerprint density at radius 1 is 1.18 bits per heavy atom. The Labute approximate surface area is 232 Å². The number of aromatic nitrogens is 4. The molecule has 5 rings (SSSR count). The summed E-state index contributed by atoms with van der Waals surface area (Å²) in [5, 5.41) is 5.08. The Morgan fingerprint density at radius 3 is 2.67 bits per heavy atom. The van der Waals surface area contributed by atoms with Crippen molar-refractivity contribution in [1.82, 2.24) is 24.0 Å². The van der Waals surface area contributed by atoms with Crippen molar-refractivity contribution in [3.05, 3.63) is 52.1 Å². The molecule has 1 amide bonds. The highest BCUT2D eigenvalue weighted by atomic mass is 32.1. The van der Waals surface area contributed by atoms with E-state index in [-0.39, 0.29) is 46.5 Å². The van der Waals surface area contributed by atoms with E-state index in [0.29, 0.717) is 29.9 Å². The number of carbonyl (C=O) groups is 1. The lowest BCUT2D eigenvalue weighted by atomic mass is 9.97. The van der Waals surface area contributed by atoms with Crippen molar-refractivity contribution < 1.29 is 27.8 Å². The maximum absolute atomic E-state index is 15.6. The van der Waals surface area contributed by atoms with Crippen LogP contribution in [0.5, 0.6) is 5.75 Å². The number of fused-ring (bicyclic) bond motifs is 2. The van der Waals surface area contributed by atoms with Crippen LogP contribution >= 0.6 is 11.5 Å². The van der Waals surface area contributed by atoms with Gasteiger partial charge in [0.05, 0.1) is 36.1 Å². The molecule has 0 spiro atoms. The van der Waals surface area contributed by atoms with Crippen LogP contribution in [0.4, 0.5) is 13.6 Å². The third-order valence-corrected chi connectivity index (χ3v) is 7.29. The Morgan fingerprint density at radius 2 is 1.95 bits per heavy atom. The summed E-state index contributed by atoms with van der Waals surface area (Å²) >= 11 is 0.964. The number of H-pyrrole nitrogens is 1. The molecule has 1 N–H and O–H groups in total. The number of nitrogens with one attached hydrogen (secondary N) is 1. The van der Waals surface area contributed by atoms with E-state index in [9.17, 15) is 14.0 Å². The maximum Gasteiger partial charge on any atom is 0.410 e. The van der Waals surface area contributed by atoms with Gasteiger partial charge >= 0.3 is 6.09 Å². The van der Waals surface area contributed by atoms with Gasteiger partial charge in [0, 0.05) is 42.9 Å². The van der Waals surface area contributed by atoms with E-state index >= 15 is 4.39 Å². The van der Waals surface area contributed by atoms with Gasteiger partial charge in [0.15, 0.2) is 0 Å². The summed E-state index contributed by atoms with van der Waals surface area (Å²) in [5.41, 5.74) is 0.426. The SMILES string of the molecule is COCCOc1cc(F)cc(F)c1-c1c(-c2cc3n(n2)CCN(C(=O)OC(C)(C)C)[C@@H]3C)[nH]c(=O)c2sncc12. The monoisotopic (exact) mass is 573 g/mol. The zero-order valence-corrected chi connectivity index (χ0v) is 23.5. The molecule has 1 aromatic carbocycles. The first-order valence-corrected chi connectivity index (χ1v) is 13.5. The number of amides is 1. The van der Waals surface area contributed by atoms with E-state index in [1.165, 1.54) is 13.3 Å². The molecule has 3 aromatic heterocycles. The quantitative estimate of drug-likeness (QED) is 0.318. The van der Waals surface area contributed by atoms with Crippen molar-refractivity contribution in [3.8, 4) is 28.3 Å². The average Bonchev–Trinajstić information content (AvgIpc) is 3.52. The molecule has 0 saturated heterocycles. The minimum Gasteiger partial charge on any atom is -0.490 e. The van der Waals surface area contributed by atoms with Crippen LogP contribution in [0, 0.1) is 11.6 Å². The highest BCUT2D eigenvalue weighted by molar-refractivity contribution is 7.13. The first kappa shape index (κ1) is 27.7. The molecule has 4 heterocycles. The fraction of sp³-hybridized carbons (Fsp3) is 0.407. The van der Waals surface area contributed by atoms with Gasteiger partial charge in [0.1, 0.15) is 40.0 Å². The van der Waals surface area contributed by atoms with Crippen molar-refractivity contribution in [3.63, 3.8) is 0 Å². The molecule has 0 fully saturated rings. The zero-order valence-electron chi connectivity index (χ0n) is 22.7. The van der Waals surface area contributed by atoms with Crippen molar-refractivity contribution in [2.45, 2.75) is 45.9 Å². The second-order valence-electron chi connectivity index (χ2n) is 10.4. The number of rotatable bonds is 6. The Balaban J connectivity index is 1.66. The van der Waals surface area contributed by atoms with E-state index in [1.807, 2.05) is 6.92 Å². The van der Waals surface area contributed by atoms with Crippen LogP contribution in [-0.2, 0) is 16.0 Å². The number of pyridine rings is 1. The number of halogens is 2. The standard InChI is InChI=1S/C27H29F2N5O5S/c1-14-19-12-18(32-34(19)7-6-33(14)26(36)39-27(2,3)4)23-21(16-13-30-40-24(16)25(35)31-23)22-17(29)10-15(28)11-20(22)38-9-8-37-5/h10-14H,6-9H2,1-5H3,(H,31,35)/t14-/m1/s1. The van der Waals surface area contributed by atoms with Gasteiger partial charge in [-0.15, -0.1) is 0 Å². The lowest BCUT2D eigenvalue weighted by Crippen LogP contribution is -2.43. The van der Waals surface area contributed by atoms with Gasteiger partial charge < -0.3 is 19.2 Å². The zero-order chi connectivity index (χ0) is 28.8. The van der Waals surface area contributed by atoms with Crippen LogP contribution in [0.25, 0.3) is 32.6 Å². The van der Waals surface area contributed by atoms with Crippen molar-refractivity contribution in [1.29, 1.82) is 0 Å². The average molecular weight is 574 g/mol. The molecule has 10 nitrogen and oxygen atoms in total. The fourth-order valence-electron chi connectivity index (χ4n) is 4.74. The van der Waals surface area contributed by atoms with E-state index in [1.54, 1.807) is 36.4 Å². The number of hydrogen-bond donors (Lipinski definition) is 1. The normalized spacial score (nSPS) is 15.4. The summed E-state index contributed by atoms with van der Waals surface area (Å²) in [6, 6.07) is 3.21. The molecule has 0 saturated carbocycles. The molecule has 212 valence electrons. The number of nitrogens with zero attached hydrogens (tertiary/aromatic N) is 4. The van der Waals surface area contributed by atoms with Gasteiger partial charge in [-0.05, 0) is 45.3 Å². The van der Waals surface area contributed by atoms with Crippen LogP contribution in [-0.4, -0.2) is 62.6 Å². The van der Waals surface area contributed by atoms with Crippen LogP contribution < -0.4 is 10.3 Å². The van der Waals surface area contributed by atoms with Crippen molar-refractivity contribution >= 4 is 27.7 Å². The lowest BCUT2D eigenvalue weighted by Gasteiger charge is -2.35. The largest absolute Gasteiger partial charge is 0.490 e. The van der Waals surface area contributed by atoms with E-state index in [4.69, 9.17) is 19.3 Å². The van der Waals surface area contributed by atoms with Gasteiger partial charge in [0.2, 0.25) is 0 Å². The van der Waals surface area contributed by atoms with Gasteiger partial charge in [0.25, 0.3) is 5.56 Å². The number of ether oxygens (including phenoxy) is 3. The first-order chi connectivity index (χ1) is 19.0. The molecule has 1 aliphatic rings. The number of methoxy groups -OCH3 is 1. The molecule has 0 aliphatic carbocycles. The van der Waals surface area contributed by atoms with E-state index < -0.39 is 28.9 Å². The smallest absolute Gasteiger partial charge is 0.410 e. The predicted octanol–water partition coefficient (Wildman–Crippen LogP) is 5.13. The van der Waals surface area contributed by atoms with Crippen molar-refractivity contribution in [2.75, 3.05) is 26.9 Å².